The number of imidazole rings is 1. The summed E-state index contributed by atoms with van der Waals surface area (Å²) in [6.45, 7) is 0.700. The highest BCUT2D eigenvalue weighted by atomic mass is 16.4. The predicted molar refractivity (Wildman–Crippen MR) is 93.0 cm³/mol. The van der Waals surface area contributed by atoms with Gasteiger partial charge < -0.3 is 15.0 Å². The number of carboxylic acid groups (broad SMARTS) is 1. The maximum absolute atomic E-state index is 11.6. The van der Waals surface area contributed by atoms with Crippen LogP contribution in [0.5, 0.6) is 0 Å². The molecule has 0 unspecified atom stereocenters. The molecule has 0 radical (unpaired) electrons. The Morgan fingerprint density at radius 1 is 1.12 bits per heavy atom. The summed E-state index contributed by atoms with van der Waals surface area (Å²) in [7, 11) is 0. The molecule has 3 aromatic rings. The first-order valence-corrected chi connectivity index (χ1v) is 7.78. The monoisotopic (exact) mass is 321 g/mol. The van der Waals surface area contributed by atoms with Crippen LogP contribution in [0.25, 0.3) is 0 Å². The lowest BCUT2D eigenvalue weighted by atomic mass is 10.1. The van der Waals surface area contributed by atoms with E-state index in [-0.39, 0.29) is 0 Å². The second kappa shape index (κ2) is 7.46. The molecule has 0 saturated carbocycles. The Morgan fingerprint density at radius 2 is 1.92 bits per heavy atom. The van der Waals surface area contributed by atoms with Gasteiger partial charge in [-0.1, -0.05) is 42.5 Å². The molecule has 2 aromatic carbocycles. The Kier molecular flexibility index (Phi) is 4.91. The molecule has 122 valence electrons. The third-order valence-electron chi connectivity index (χ3n) is 3.77. The van der Waals surface area contributed by atoms with Crippen LogP contribution in [-0.4, -0.2) is 26.7 Å². The summed E-state index contributed by atoms with van der Waals surface area (Å²) >= 11 is 0. The van der Waals surface area contributed by atoms with Crippen molar-refractivity contribution in [2.75, 3.05) is 5.32 Å². The molecule has 0 bridgehead atoms. The van der Waals surface area contributed by atoms with Gasteiger partial charge in [0, 0.05) is 31.0 Å². The van der Waals surface area contributed by atoms with Gasteiger partial charge in [0.05, 0.1) is 6.33 Å². The van der Waals surface area contributed by atoms with Gasteiger partial charge in [-0.05, 0) is 23.3 Å². The predicted octanol–water partition coefficient (Wildman–Crippen LogP) is 3.04. The number of nitrogens with one attached hydrogen (secondary N) is 1. The minimum Gasteiger partial charge on any atom is -0.480 e. The Balaban J connectivity index is 1.71. The molecular formula is C19H19N3O2. The lowest BCUT2D eigenvalue weighted by molar-refractivity contribution is -0.137. The molecule has 0 aliphatic carbocycles. The minimum atomic E-state index is -0.862. The first-order valence-electron chi connectivity index (χ1n) is 7.78. The largest absolute Gasteiger partial charge is 0.480 e. The number of hydrogen-bond donors (Lipinski definition) is 2. The summed E-state index contributed by atoms with van der Waals surface area (Å²) in [4.78, 5) is 15.6. The SMILES string of the molecule is O=C(O)[C@@H](Cc1ccccc1)Nc1cccc(Cn2ccnc2)c1. The maximum Gasteiger partial charge on any atom is 0.326 e. The van der Waals surface area contributed by atoms with Gasteiger partial charge in [0.2, 0.25) is 0 Å². The quantitative estimate of drug-likeness (QED) is 0.702. The Labute approximate surface area is 140 Å². The van der Waals surface area contributed by atoms with Crippen LogP contribution in [0.15, 0.2) is 73.3 Å². The van der Waals surface area contributed by atoms with E-state index in [1.807, 2.05) is 65.4 Å². The Hall–Kier alpha value is -3.08. The van der Waals surface area contributed by atoms with Crippen molar-refractivity contribution in [1.82, 2.24) is 9.55 Å². The van der Waals surface area contributed by atoms with Crippen LogP contribution in [0.4, 0.5) is 5.69 Å². The normalized spacial score (nSPS) is 11.8. The molecule has 2 N–H and O–H groups in total. The molecule has 1 heterocycles. The van der Waals surface area contributed by atoms with Gasteiger partial charge in [-0.15, -0.1) is 0 Å². The number of aromatic nitrogens is 2. The van der Waals surface area contributed by atoms with Crippen LogP contribution >= 0.6 is 0 Å². The summed E-state index contributed by atoms with van der Waals surface area (Å²) in [5.74, 6) is -0.862. The fourth-order valence-electron chi connectivity index (χ4n) is 2.60. The van der Waals surface area contributed by atoms with E-state index in [2.05, 4.69) is 10.3 Å². The average molecular weight is 321 g/mol. The standard InChI is InChI=1S/C19H19N3O2/c23-19(24)18(12-15-5-2-1-3-6-15)21-17-8-4-7-16(11-17)13-22-10-9-20-14-22/h1-11,14,18,21H,12-13H2,(H,23,24)/t18-/m1/s1. The topological polar surface area (TPSA) is 67.2 Å². The van der Waals surface area contributed by atoms with Crippen LogP contribution in [-0.2, 0) is 17.8 Å². The van der Waals surface area contributed by atoms with Gasteiger partial charge in [-0.25, -0.2) is 9.78 Å². The maximum atomic E-state index is 11.6. The molecule has 0 saturated heterocycles. The van der Waals surface area contributed by atoms with Crippen molar-refractivity contribution >= 4 is 11.7 Å². The van der Waals surface area contributed by atoms with E-state index < -0.39 is 12.0 Å². The van der Waals surface area contributed by atoms with Crippen LogP contribution < -0.4 is 5.32 Å². The second-order valence-corrected chi connectivity index (χ2v) is 5.66. The number of anilines is 1. The summed E-state index contributed by atoms with van der Waals surface area (Å²) < 4.78 is 1.97. The first-order chi connectivity index (χ1) is 11.7. The van der Waals surface area contributed by atoms with Gasteiger partial charge in [-0.3, -0.25) is 0 Å². The molecule has 0 aliphatic rings. The zero-order valence-corrected chi connectivity index (χ0v) is 13.2. The highest BCUT2D eigenvalue weighted by Crippen LogP contribution is 2.15. The molecular weight excluding hydrogens is 302 g/mol. The molecule has 5 heteroatoms. The van der Waals surface area contributed by atoms with Crippen molar-refractivity contribution in [2.24, 2.45) is 0 Å². The summed E-state index contributed by atoms with van der Waals surface area (Å²) in [5.41, 5.74) is 2.88. The van der Waals surface area contributed by atoms with Gasteiger partial charge in [-0.2, -0.15) is 0 Å². The van der Waals surface area contributed by atoms with Crippen LogP contribution in [0.2, 0.25) is 0 Å². The molecule has 3 rings (SSSR count). The number of carbonyl (C=O) groups is 1. The molecule has 0 spiro atoms. The zero-order chi connectivity index (χ0) is 16.8. The third-order valence-corrected chi connectivity index (χ3v) is 3.77. The highest BCUT2D eigenvalue weighted by molar-refractivity contribution is 5.77. The van der Waals surface area contributed by atoms with Crippen molar-refractivity contribution in [3.05, 3.63) is 84.4 Å². The number of hydrogen-bond acceptors (Lipinski definition) is 3. The van der Waals surface area contributed by atoms with Gasteiger partial charge >= 0.3 is 5.97 Å². The van der Waals surface area contributed by atoms with Crippen molar-refractivity contribution < 1.29 is 9.90 Å². The first kappa shape index (κ1) is 15.8. The van der Waals surface area contributed by atoms with Crippen molar-refractivity contribution in [3.63, 3.8) is 0 Å². The number of rotatable bonds is 7. The average Bonchev–Trinajstić information content (AvgIpc) is 3.08. The van der Waals surface area contributed by atoms with E-state index in [0.717, 1.165) is 16.8 Å². The third kappa shape index (κ3) is 4.23. The second-order valence-electron chi connectivity index (χ2n) is 5.66. The van der Waals surface area contributed by atoms with Crippen molar-refractivity contribution in [1.29, 1.82) is 0 Å². The van der Waals surface area contributed by atoms with Crippen molar-refractivity contribution in [3.8, 4) is 0 Å². The Bertz CT molecular complexity index is 785. The number of nitrogens with zero attached hydrogens (tertiary/aromatic N) is 2. The molecule has 0 aliphatic heterocycles. The summed E-state index contributed by atoms with van der Waals surface area (Å²) in [6, 6.07) is 16.8. The van der Waals surface area contributed by atoms with Gasteiger partial charge in [0.25, 0.3) is 0 Å². The summed E-state index contributed by atoms with van der Waals surface area (Å²) in [6.07, 6.45) is 5.83. The van der Waals surface area contributed by atoms with Crippen LogP contribution in [0.3, 0.4) is 0 Å². The molecule has 0 amide bonds. The van der Waals surface area contributed by atoms with Gasteiger partial charge in [0.1, 0.15) is 6.04 Å². The number of aliphatic carboxylic acids is 1. The Morgan fingerprint density at radius 3 is 2.62 bits per heavy atom. The van der Waals surface area contributed by atoms with E-state index in [1.165, 1.54) is 0 Å². The lowest BCUT2D eigenvalue weighted by Gasteiger charge is -2.16. The summed E-state index contributed by atoms with van der Waals surface area (Å²) in [5, 5.41) is 12.6. The highest BCUT2D eigenvalue weighted by Gasteiger charge is 2.17. The molecule has 1 aromatic heterocycles. The van der Waals surface area contributed by atoms with Crippen molar-refractivity contribution in [2.45, 2.75) is 19.0 Å². The van der Waals surface area contributed by atoms with E-state index in [1.54, 1.807) is 12.5 Å². The smallest absolute Gasteiger partial charge is 0.326 e. The van der Waals surface area contributed by atoms with Crippen LogP contribution in [0, 0.1) is 0 Å². The zero-order valence-electron chi connectivity index (χ0n) is 13.2. The number of benzene rings is 2. The van der Waals surface area contributed by atoms with E-state index >= 15 is 0 Å². The fourth-order valence-corrected chi connectivity index (χ4v) is 2.60. The van der Waals surface area contributed by atoms with E-state index in [4.69, 9.17) is 0 Å². The number of carboxylic acids is 1. The minimum absolute atomic E-state index is 0.432. The molecule has 0 fully saturated rings. The van der Waals surface area contributed by atoms with E-state index in [9.17, 15) is 9.90 Å². The lowest BCUT2D eigenvalue weighted by Crippen LogP contribution is -2.31. The molecule has 5 nitrogen and oxygen atoms in total. The fraction of sp³-hybridized carbons (Fsp3) is 0.158. The van der Waals surface area contributed by atoms with Crippen LogP contribution in [0.1, 0.15) is 11.1 Å². The molecule has 1 atom stereocenters. The molecule has 24 heavy (non-hydrogen) atoms. The van der Waals surface area contributed by atoms with E-state index in [0.29, 0.717) is 13.0 Å². The van der Waals surface area contributed by atoms with Gasteiger partial charge in [0.15, 0.2) is 0 Å².